The monoisotopic (exact) mass is 510 g/mol. The maximum atomic E-state index is 10.6. The largest absolute Gasteiger partial charge is 0.493 e. The fraction of sp³-hybridized carbons (Fsp3) is 0.760. The zero-order chi connectivity index (χ0) is 23.2. The molecule has 0 saturated heterocycles. The molecule has 33 heavy (non-hydrogen) atoms. The summed E-state index contributed by atoms with van der Waals surface area (Å²) in [4.78, 5) is 0. The van der Waals surface area contributed by atoms with Crippen molar-refractivity contribution in [3.63, 3.8) is 0 Å². The van der Waals surface area contributed by atoms with Crippen molar-refractivity contribution in [1.29, 1.82) is 0 Å². The van der Waals surface area contributed by atoms with E-state index in [4.69, 9.17) is 19.9 Å². The summed E-state index contributed by atoms with van der Waals surface area (Å²) in [5.41, 5.74) is 7.42. The van der Waals surface area contributed by atoms with E-state index in [0.29, 0.717) is 37.5 Å². The van der Waals surface area contributed by atoms with Gasteiger partial charge in [0.25, 0.3) is 0 Å². The average Bonchev–Trinajstić information content (AvgIpc) is 2.77. The molecule has 0 bridgehead atoms. The first kappa shape index (κ1) is 34.4. The van der Waals surface area contributed by atoms with Crippen LogP contribution in [0.5, 0.6) is 11.5 Å². The number of nitrogens with two attached hydrogens (primary N) is 1. The molecule has 0 aromatic heterocycles. The van der Waals surface area contributed by atoms with Crippen LogP contribution in [0.1, 0.15) is 65.4 Å². The Morgan fingerprint density at radius 1 is 1.00 bits per heavy atom. The number of halogens is 2. The summed E-state index contributed by atoms with van der Waals surface area (Å²) in [5, 5.41) is 13.9. The number of hydrogen-bond acceptors (Lipinski definition) is 6. The number of benzene rings is 1. The summed E-state index contributed by atoms with van der Waals surface area (Å²) in [6.45, 7) is 10.0. The first-order valence-corrected chi connectivity index (χ1v) is 11.8. The number of methoxy groups -OCH3 is 2. The topological polar surface area (TPSA) is 86.0 Å². The Morgan fingerprint density at radius 2 is 1.67 bits per heavy atom. The molecular weight excluding hydrogens is 463 g/mol. The molecule has 0 aliphatic rings. The van der Waals surface area contributed by atoms with Crippen LogP contribution in [0.4, 0.5) is 0 Å². The minimum Gasteiger partial charge on any atom is -0.493 e. The van der Waals surface area contributed by atoms with Crippen molar-refractivity contribution in [3.8, 4) is 11.5 Å². The second kappa shape index (κ2) is 19.5. The Hall–Kier alpha value is -0.760. The zero-order valence-corrected chi connectivity index (χ0v) is 23.0. The highest BCUT2D eigenvalue weighted by Gasteiger charge is 2.21. The quantitative estimate of drug-likeness (QED) is 0.202. The molecule has 3 atom stereocenters. The van der Waals surface area contributed by atoms with E-state index in [1.807, 2.05) is 6.07 Å². The van der Waals surface area contributed by atoms with Crippen LogP contribution in [0.2, 0.25) is 0 Å². The smallest absolute Gasteiger partial charge is 0.161 e. The van der Waals surface area contributed by atoms with E-state index in [1.165, 1.54) is 5.56 Å². The van der Waals surface area contributed by atoms with Crippen LogP contribution in [-0.2, 0) is 11.2 Å². The lowest BCUT2D eigenvalue weighted by Gasteiger charge is -2.27. The molecule has 196 valence electrons. The van der Waals surface area contributed by atoms with Crippen LogP contribution < -0.4 is 20.5 Å². The molecule has 1 aromatic carbocycles. The third kappa shape index (κ3) is 13.1. The van der Waals surface area contributed by atoms with E-state index in [9.17, 15) is 5.11 Å². The third-order valence-corrected chi connectivity index (χ3v) is 6.08. The van der Waals surface area contributed by atoms with Gasteiger partial charge >= 0.3 is 0 Å². The van der Waals surface area contributed by atoms with Crippen LogP contribution >= 0.6 is 24.8 Å². The number of aliphatic hydroxyl groups excluding tert-OH is 1. The van der Waals surface area contributed by atoms with Crippen LogP contribution in [-0.4, -0.2) is 50.9 Å². The van der Waals surface area contributed by atoms with Gasteiger partial charge in [0, 0.05) is 26.2 Å². The lowest BCUT2D eigenvalue weighted by Crippen LogP contribution is -2.51. The molecule has 0 heterocycles. The molecule has 6 nitrogen and oxygen atoms in total. The van der Waals surface area contributed by atoms with Gasteiger partial charge in [0.05, 0.1) is 26.0 Å². The van der Waals surface area contributed by atoms with Crippen molar-refractivity contribution in [3.05, 3.63) is 23.8 Å². The Kier molecular flexibility index (Phi) is 20.4. The van der Waals surface area contributed by atoms with E-state index in [2.05, 4.69) is 45.1 Å². The summed E-state index contributed by atoms with van der Waals surface area (Å²) in [6, 6.07) is 6.51. The summed E-state index contributed by atoms with van der Waals surface area (Å²) in [6.07, 6.45) is 4.47. The number of ether oxygens (including phenoxy) is 3. The SMILES string of the molecule is CCC(CC)N[C@H](N)[C@@H](O)CC[C@@H](Cc1ccc(OC)c(OCCCOC)c1)C(C)C.Cl.Cl. The number of nitrogens with one attached hydrogen (secondary N) is 1. The summed E-state index contributed by atoms with van der Waals surface area (Å²) < 4.78 is 16.5. The lowest BCUT2D eigenvalue weighted by atomic mass is 9.84. The van der Waals surface area contributed by atoms with Crippen molar-refractivity contribution in [1.82, 2.24) is 5.32 Å². The van der Waals surface area contributed by atoms with Gasteiger partial charge in [0.1, 0.15) is 0 Å². The number of rotatable bonds is 17. The Balaban J connectivity index is 0. The Bertz CT molecular complexity index is 604. The minimum atomic E-state index is -0.544. The van der Waals surface area contributed by atoms with Crippen LogP contribution in [0.25, 0.3) is 0 Å². The van der Waals surface area contributed by atoms with Gasteiger partial charge in [0.15, 0.2) is 11.5 Å². The summed E-state index contributed by atoms with van der Waals surface area (Å²) >= 11 is 0. The third-order valence-electron chi connectivity index (χ3n) is 6.08. The van der Waals surface area contributed by atoms with Crippen molar-refractivity contribution in [2.45, 2.75) is 84.5 Å². The maximum Gasteiger partial charge on any atom is 0.161 e. The molecule has 0 unspecified atom stereocenters. The predicted octanol–water partition coefficient (Wildman–Crippen LogP) is 4.97. The molecule has 4 N–H and O–H groups in total. The van der Waals surface area contributed by atoms with Gasteiger partial charge in [-0.3, -0.25) is 5.32 Å². The van der Waals surface area contributed by atoms with E-state index in [1.54, 1.807) is 14.2 Å². The van der Waals surface area contributed by atoms with Gasteiger partial charge in [0.2, 0.25) is 0 Å². The highest BCUT2D eigenvalue weighted by atomic mass is 35.5. The standard InChI is InChI=1S/C25H46N2O4.2ClH/c1-7-21(8-2)27-25(26)22(28)12-11-20(18(3)4)16-19-10-13-23(30-6)24(17-19)31-15-9-14-29-5;;/h10,13,17-18,20-22,25,27-28H,7-9,11-12,14-16,26H2,1-6H3;2*1H/t20-,22-,25-;;/m0../s1. The molecule has 0 amide bonds. The van der Waals surface area contributed by atoms with E-state index < -0.39 is 6.10 Å². The fourth-order valence-corrected chi connectivity index (χ4v) is 3.79. The van der Waals surface area contributed by atoms with Crippen molar-refractivity contribution in [2.75, 3.05) is 27.4 Å². The highest BCUT2D eigenvalue weighted by molar-refractivity contribution is 5.85. The van der Waals surface area contributed by atoms with Crippen LogP contribution in [0.15, 0.2) is 18.2 Å². The lowest BCUT2D eigenvalue weighted by molar-refractivity contribution is 0.102. The average molecular weight is 512 g/mol. The molecule has 1 aromatic rings. The molecular formula is C25H48Cl2N2O4. The number of aliphatic hydroxyl groups is 1. The molecule has 0 spiro atoms. The molecule has 0 fully saturated rings. The zero-order valence-electron chi connectivity index (χ0n) is 21.3. The molecule has 8 heteroatoms. The first-order valence-electron chi connectivity index (χ1n) is 11.8. The van der Waals surface area contributed by atoms with Crippen molar-refractivity contribution >= 4 is 24.8 Å². The van der Waals surface area contributed by atoms with Gasteiger partial charge < -0.3 is 25.1 Å². The first-order chi connectivity index (χ1) is 14.9. The molecule has 0 saturated carbocycles. The van der Waals surface area contributed by atoms with Crippen molar-refractivity contribution < 1.29 is 19.3 Å². The number of hydrogen-bond donors (Lipinski definition) is 3. The summed E-state index contributed by atoms with van der Waals surface area (Å²) in [5.74, 6) is 2.47. The van der Waals surface area contributed by atoms with Gasteiger partial charge in [-0.25, -0.2) is 0 Å². The minimum absolute atomic E-state index is 0. The van der Waals surface area contributed by atoms with E-state index >= 15 is 0 Å². The fourth-order valence-electron chi connectivity index (χ4n) is 3.79. The van der Waals surface area contributed by atoms with E-state index in [0.717, 1.165) is 43.6 Å². The van der Waals surface area contributed by atoms with Crippen LogP contribution in [0, 0.1) is 11.8 Å². The Labute approximate surface area is 214 Å². The molecule has 1 rings (SSSR count). The predicted molar refractivity (Wildman–Crippen MR) is 142 cm³/mol. The maximum absolute atomic E-state index is 10.6. The van der Waals surface area contributed by atoms with E-state index in [-0.39, 0.29) is 31.0 Å². The molecule has 0 aliphatic heterocycles. The second-order valence-electron chi connectivity index (χ2n) is 8.74. The van der Waals surface area contributed by atoms with Gasteiger partial charge in [-0.1, -0.05) is 33.8 Å². The second-order valence-corrected chi connectivity index (χ2v) is 8.74. The normalized spacial score (nSPS) is 13.8. The Morgan fingerprint density at radius 3 is 2.21 bits per heavy atom. The highest BCUT2D eigenvalue weighted by Crippen LogP contribution is 2.31. The van der Waals surface area contributed by atoms with Crippen LogP contribution in [0.3, 0.4) is 0 Å². The summed E-state index contributed by atoms with van der Waals surface area (Å²) in [7, 11) is 3.35. The van der Waals surface area contributed by atoms with Gasteiger partial charge in [-0.05, 0) is 61.6 Å². The van der Waals surface area contributed by atoms with Gasteiger partial charge in [-0.15, -0.1) is 24.8 Å². The molecule has 0 radical (unpaired) electrons. The van der Waals surface area contributed by atoms with Crippen molar-refractivity contribution in [2.24, 2.45) is 17.6 Å². The molecule has 0 aliphatic carbocycles. The van der Waals surface area contributed by atoms with Gasteiger partial charge in [-0.2, -0.15) is 0 Å².